The molecule has 1 fully saturated rings. The van der Waals surface area contributed by atoms with Crippen molar-refractivity contribution in [3.63, 3.8) is 0 Å². The summed E-state index contributed by atoms with van der Waals surface area (Å²) in [6.45, 7) is 3.78. The normalized spacial score (nSPS) is 21.4. The Morgan fingerprint density at radius 1 is 1.10 bits per heavy atom. The van der Waals surface area contributed by atoms with Crippen molar-refractivity contribution in [3.05, 3.63) is 24.3 Å². The number of carbonyl (C=O) groups is 1. The summed E-state index contributed by atoms with van der Waals surface area (Å²) in [5.74, 6) is 0.597. The number of amides is 1. The van der Waals surface area contributed by atoms with Gasteiger partial charge in [-0.15, -0.1) is 0 Å². The van der Waals surface area contributed by atoms with Gasteiger partial charge in [-0.1, -0.05) is 19.8 Å². The summed E-state index contributed by atoms with van der Waals surface area (Å²) in [4.78, 5) is 11.0. The van der Waals surface area contributed by atoms with Gasteiger partial charge in [-0.2, -0.15) is 0 Å². The van der Waals surface area contributed by atoms with Crippen molar-refractivity contribution in [3.8, 4) is 0 Å². The second-order valence-electron chi connectivity index (χ2n) is 5.73. The van der Waals surface area contributed by atoms with Crippen LogP contribution in [0.2, 0.25) is 0 Å². The van der Waals surface area contributed by atoms with Crippen molar-refractivity contribution in [1.29, 1.82) is 0 Å². The van der Waals surface area contributed by atoms with Gasteiger partial charge in [-0.3, -0.25) is 4.79 Å². The van der Waals surface area contributed by atoms with Crippen LogP contribution in [0, 0.1) is 5.92 Å². The fraction of sp³-hybridized carbons (Fsp3) is 0.500. The number of hydrogen-bond donors (Lipinski definition) is 3. The van der Waals surface area contributed by atoms with E-state index in [1.807, 2.05) is 24.3 Å². The summed E-state index contributed by atoms with van der Waals surface area (Å²) in [5, 5.41) is 10.0. The third-order valence-corrected chi connectivity index (χ3v) is 4.11. The smallest absolute Gasteiger partial charge is 0.221 e. The molecule has 0 aromatic heterocycles. The van der Waals surface area contributed by atoms with E-state index >= 15 is 0 Å². The van der Waals surface area contributed by atoms with Crippen molar-refractivity contribution >= 4 is 34.6 Å². The molecule has 0 bridgehead atoms. The standard InChI is InChI=1S/C16H23N3OS/c1-11-5-3-4-6-15(11)19-16(21)18-14-9-7-13(8-10-14)17-12(2)20/h7-11,15H,3-6H2,1-2H3,(H,17,20)(H2,18,19,21)/t11-,15-/m1/s1. The molecule has 4 nitrogen and oxygen atoms in total. The SMILES string of the molecule is CC(=O)Nc1ccc(NC(=S)N[C@@H]2CCCC[C@H]2C)cc1. The number of hydrogen-bond acceptors (Lipinski definition) is 2. The average molecular weight is 305 g/mol. The van der Waals surface area contributed by atoms with E-state index in [-0.39, 0.29) is 5.91 Å². The van der Waals surface area contributed by atoms with Crippen molar-refractivity contribution < 1.29 is 4.79 Å². The average Bonchev–Trinajstić information content (AvgIpc) is 2.43. The van der Waals surface area contributed by atoms with Gasteiger partial charge in [0.1, 0.15) is 0 Å². The van der Waals surface area contributed by atoms with Gasteiger partial charge in [0.05, 0.1) is 0 Å². The molecule has 0 saturated heterocycles. The molecular formula is C16H23N3OS. The lowest BCUT2D eigenvalue weighted by atomic mass is 9.86. The number of carbonyl (C=O) groups excluding carboxylic acids is 1. The lowest BCUT2D eigenvalue weighted by molar-refractivity contribution is -0.114. The first-order chi connectivity index (χ1) is 10.0. The van der Waals surface area contributed by atoms with Gasteiger partial charge in [0.25, 0.3) is 0 Å². The first-order valence-electron chi connectivity index (χ1n) is 7.50. The largest absolute Gasteiger partial charge is 0.359 e. The molecule has 1 aliphatic carbocycles. The molecule has 0 heterocycles. The Balaban J connectivity index is 1.85. The molecule has 1 aromatic carbocycles. The zero-order valence-corrected chi connectivity index (χ0v) is 13.4. The topological polar surface area (TPSA) is 53.2 Å². The van der Waals surface area contributed by atoms with Gasteiger partial charge in [0.2, 0.25) is 5.91 Å². The maximum absolute atomic E-state index is 11.0. The van der Waals surface area contributed by atoms with Gasteiger partial charge in [0, 0.05) is 24.3 Å². The molecule has 0 radical (unpaired) electrons. The predicted molar refractivity (Wildman–Crippen MR) is 91.5 cm³/mol. The Labute approximate surface area is 131 Å². The van der Waals surface area contributed by atoms with Crippen molar-refractivity contribution in [2.45, 2.75) is 45.6 Å². The molecule has 1 amide bonds. The van der Waals surface area contributed by atoms with Crippen LogP contribution in [0.15, 0.2) is 24.3 Å². The van der Waals surface area contributed by atoms with Gasteiger partial charge in [-0.25, -0.2) is 0 Å². The Hall–Kier alpha value is -1.62. The first kappa shape index (κ1) is 15.8. The quantitative estimate of drug-likeness (QED) is 0.748. The fourth-order valence-corrected chi connectivity index (χ4v) is 2.98. The molecule has 0 unspecified atom stereocenters. The molecule has 5 heteroatoms. The Bertz CT molecular complexity index is 501. The molecule has 0 aliphatic heterocycles. The van der Waals surface area contributed by atoms with Crippen molar-refractivity contribution in [2.75, 3.05) is 10.6 Å². The highest BCUT2D eigenvalue weighted by molar-refractivity contribution is 7.80. The number of anilines is 2. The Morgan fingerprint density at radius 3 is 2.24 bits per heavy atom. The minimum Gasteiger partial charge on any atom is -0.359 e. The molecule has 1 saturated carbocycles. The fourth-order valence-electron chi connectivity index (χ4n) is 2.71. The lowest BCUT2D eigenvalue weighted by Crippen LogP contribution is -2.43. The van der Waals surface area contributed by atoms with Crippen LogP contribution in [0.4, 0.5) is 11.4 Å². The van der Waals surface area contributed by atoms with Gasteiger partial charge in [0.15, 0.2) is 5.11 Å². The second-order valence-corrected chi connectivity index (χ2v) is 6.13. The summed E-state index contributed by atoms with van der Waals surface area (Å²) in [7, 11) is 0. The Morgan fingerprint density at radius 2 is 1.67 bits per heavy atom. The molecule has 1 aliphatic rings. The van der Waals surface area contributed by atoms with E-state index < -0.39 is 0 Å². The number of nitrogens with one attached hydrogen (secondary N) is 3. The van der Waals surface area contributed by atoms with E-state index in [2.05, 4.69) is 22.9 Å². The van der Waals surface area contributed by atoms with Crippen LogP contribution < -0.4 is 16.0 Å². The summed E-state index contributed by atoms with van der Waals surface area (Å²) in [5.41, 5.74) is 1.71. The molecule has 3 N–H and O–H groups in total. The number of benzene rings is 1. The summed E-state index contributed by atoms with van der Waals surface area (Å²) >= 11 is 5.38. The zero-order valence-electron chi connectivity index (χ0n) is 12.6. The van der Waals surface area contributed by atoms with E-state index in [1.54, 1.807) is 0 Å². The van der Waals surface area contributed by atoms with E-state index in [0.29, 0.717) is 17.1 Å². The molecular weight excluding hydrogens is 282 g/mol. The second kappa shape index (κ2) is 7.41. The van der Waals surface area contributed by atoms with E-state index in [4.69, 9.17) is 12.2 Å². The molecule has 21 heavy (non-hydrogen) atoms. The van der Waals surface area contributed by atoms with Crippen LogP contribution in [0.25, 0.3) is 0 Å². The summed E-state index contributed by atoms with van der Waals surface area (Å²) in [6.07, 6.45) is 5.05. The lowest BCUT2D eigenvalue weighted by Gasteiger charge is -2.30. The molecule has 114 valence electrons. The minimum absolute atomic E-state index is 0.0702. The van der Waals surface area contributed by atoms with Gasteiger partial charge < -0.3 is 16.0 Å². The summed E-state index contributed by atoms with van der Waals surface area (Å²) in [6, 6.07) is 8.00. The van der Waals surface area contributed by atoms with Gasteiger partial charge >= 0.3 is 0 Å². The highest BCUT2D eigenvalue weighted by atomic mass is 32.1. The van der Waals surface area contributed by atoms with E-state index in [1.165, 1.54) is 32.6 Å². The van der Waals surface area contributed by atoms with E-state index in [9.17, 15) is 4.79 Å². The van der Waals surface area contributed by atoms with Crippen molar-refractivity contribution in [1.82, 2.24) is 5.32 Å². The van der Waals surface area contributed by atoms with Crippen LogP contribution >= 0.6 is 12.2 Å². The van der Waals surface area contributed by atoms with E-state index in [0.717, 1.165) is 11.4 Å². The van der Waals surface area contributed by atoms with Crippen LogP contribution in [0.1, 0.15) is 39.5 Å². The molecule has 0 spiro atoms. The highest BCUT2D eigenvalue weighted by Crippen LogP contribution is 2.23. The highest BCUT2D eigenvalue weighted by Gasteiger charge is 2.21. The monoisotopic (exact) mass is 305 g/mol. The molecule has 2 rings (SSSR count). The van der Waals surface area contributed by atoms with Gasteiger partial charge in [-0.05, 0) is 55.2 Å². The maximum atomic E-state index is 11.0. The number of thiocarbonyl (C=S) groups is 1. The van der Waals surface area contributed by atoms with Crippen LogP contribution in [0.3, 0.4) is 0 Å². The predicted octanol–water partition coefficient (Wildman–Crippen LogP) is 3.51. The third-order valence-electron chi connectivity index (χ3n) is 3.89. The molecule has 1 aromatic rings. The number of rotatable bonds is 3. The van der Waals surface area contributed by atoms with Crippen molar-refractivity contribution in [2.24, 2.45) is 5.92 Å². The van der Waals surface area contributed by atoms with Crippen LogP contribution in [-0.4, -0.2) is 17.1 Å². The van der Waals surface area contributed by atoms with Crippen LogP contribution in [-0.2, 0) is 4.79 Å². The summed E-state index contributed by atoms with van der Waals surface area (Å²) < 4.78 is 0. The first-order valence-corrected chi connectivity index (χ1v) is 7.90. The van der Waals surface area contributed by atoms with Crippen LogP contribution in [0.5, 0.6) is 0 Å². The Kier molecular flexibility index (Phi) is 5.56. The maximum Gasteiger partial charge on any atom is 0.221 e. The molecule has 2 atom stereocenters. The minimum atomic E-state index is -0.0702. The zero-order chi connectivity index (χ0) is 15.2. The third kappa shape index (κ3) is 5.01.